The topological polar surface area (TPSA) is 51.8 Å². The monoisotopic (exact) mass is 271 g/mol. The van der Waals surface area contributed by atoms with Gasteiger partial charge in [0.2, 0.25) is 0 Å². The van der Waals surface area contributed by atoms with E-state index in [2.05, 4.69) is 9.97 Å². The Balaban J connectivity index is 2.26. The van der Waals surface area contributed by atoms with Gasteiger partial charge in [-0.3, -0.25) is 4.98 Å². The Bertz CT molecular complexity index is 540. The number of hydrogen-bond donors (Lipinski definition) is 1. The molecule has 0 bridgehead atoms. The van der Waals surface area contributed by atoms with E-state index in [4.69, 9.17) is 5.73 Å². The fraction of sp³-hybridized carbons (Fsp3) is 0.0909. The van der Waals surface area contributed by atoms with E-state index in [1.165, 1.54) is 36.7 Å². The number of nitrogens with zero attached hydrogens (tertiary/aromatic N) is 2. The molecular weight excluding hydrogens is 263 g/mol. The molecule has 0 atom stereocenters. The van der Waals surface area contributed by atoms with Crippen LogP contribution < -0.4 is 5.73 Å². The van der Waals surface area contributed by atoms with E-state index in [-0.39, 0.29) is 22.5 Å². The van der Waals surface area contributed by atoms with Crippen molar-refractivity contribution in [3.05, 3.63) is 36.7 Å². The molecule has 1 aromatic heterocycles. The summed E-state index contributed by atoms with van der Waals surface area (Å²) < 4.78 is 36.4. The highest BCUT2D eigenvalue weighted by atomic mass is 32.2. The molecule has 0 aliphatic carbocycles. The van der Waals surface area contributed by atoms with Crippen LogP contribution in [0.4, 0.5) is 19.0 Å². The first-order valence-electron chi connectivity index (χ1n) is 4.88. The highest BCUT2D eigenvalue weighted by Gasteiger charge is 2.29. The molecule has 0 fully saturated rings. The van der Waals surface area contributed by atoms with Gasteiger partial charge in [-0.15, -0.1) is 0 Å². The fourth-order valence-electron chi connectivity index (χ4n) is 1.39. The number of halogens is 3. The summed E-state index contributed by atoms with van der Waals surface area (Å²) in [5.74, 6) is 0.244. The minimum absolute atomic E-state index is 0.119. The number of rotatable bonds is 2. The van der Waals surface area contributed by atoms with E-state index >= 15 is 0 Å². The Morgan fingerprint density at radius 1 is 1.00 bits per heavy atom. The Hall–Kier alpha value is -1.76. The van der Waals surface area contributed by atoms with Crippen molar-refractivity contribution in [1.82, 2.24) is 9.97 Å². The van der Waals surface area contributed by atoms with Gasteiger partial charge in [0.1, 0.15) is 11.5 Å². The third-order valence-electron chi connectivity index (χ3n) is 2.09. The molecule has 94 valence electrons. The molecule has 0 aliphatic rings. The second-order valence-corrected chi connectivity index (χ2v) is 4.50. The van der Waals surface area contributed by atoms with Gasteiger partial charge in [-0.05, 0) is 23.9 Å². The summed E-state index contributed by atoms with van der Waals surface area (Å²) in [4.78, 5) is 8.02. The first-order valence-corrected chi connectivity index (χ1v) is 5.70. The molecule has 7 heteroatoms. The lowest BCUT2D eigenvalue weighted by molar-refractivity contribution is -0.0328. The maximum atomic E-state index is 12.1. The molecular formula is C11H8F3N3S. The lowest BCUT2D eigenvalue weighted by Crippen LogP contribution is -1.99. The van der Waals surface area contributed by atoms with Gasteiger partial charge in [-0.2, -0.15) is 13.2 Å². The lowest BCUT2D eigenvalue weighted by Gasteiger charge is -2.07. The largest absolute Gasteiger partial charge is 0.446 e. The van der Waals surface area contributed by atoms with Crippen molar-refractivity contribution in [2.45, 2.75) is 10.4 Å². The highest BCUT2D eigenvalue weighted by Crippen LogP contribution is 2.37. The normalized spacial score (nSPS) is 11.5. The molecule has 0 radical (unpaired) electrons. The van der Waals surface area contributed by atoms with Gasteiger partial charge in [0, 0.05) is 22.9 Å². The maximum Gasteiger partial charge on any atom is 0.446 e. The van der Waals surface area contributed by atoms with Crippen LogP contribution >= 0.6 is 11.8 Å². The zero-order valence-electron chi connectivity index (χ0n) is 8.98. The predicted molar refractivity (Wildman–Crippen MR) is 63.8 cm³/mol. The Morgan fingerprint density at radius 2 is 1.61 bits per heavy atom. The van der Waals surface area contributed by atoms with Crippen LogP contribution in [0.3, 0.4) is 0 Å². The molecule has 1 aromatic carbocycles. The van der Waals surface area contributed by atoms with Gasteiger partial charge in [-0.1, -0.05) is 12.1 Å². The van der Waals surface area contributed by atoms with Crippen molar-refractivity contribution >= 4 is 17.6 Å². The van der Waals surface area contributed by atoms with Crippen LogP contribution in [0.5, 0.6) is 0 Å². The van der Waals surface area contributed by atoms with Gasteiger partial charge in [0.05, 0.1) is 0 Å². The van der Waals surface area contributed by atoms with E-state index < -0.39 is 5.51 Å². The second kappa shape index (κ2) is 4.85. The van der Waals surface area contributed by atoms with Gasteiger partial charge in [0.15, 0.2) is 0 Å². The van der Waals surface area contributed by atoms with Gasteiger partial charge >= 0.3 is 5.51 Å². The zero-order chi connectivity index (χ0) is 13.2. The number of alkyl halides is 3. The first-order chi connectivity index (χ1) is 8.46. The van der Waals surface area contributed by atoms with Crippen LogP contribution in [-0.4, -0.2) is 15.5 Å². The smallest absolute Gasteiger partial charge is 0.382 e. The molecule has 0 aliphatic heterocycles. The summed E-state index contributed by atoms with van der Waals surface area (Å²) in [5.41, 5.74) is 2.44. The molecule has 0 saturated heterocycles. The summed E-state index contributed by atoms with van der Waals surface area (Å²) in [6.07, 6.45) is 2.93. The average Bonchev–Trinajstić information content (AvgIpc) is 2.29. The minimum atomic E-state index is -4.28. The third kappa shape index (κ3) is 3.13. The van der Waals surface area contributed by atoms with Crippen molar-refractivity contribution in [1.29, 1.82) is 0 Å². The van der Waals surface area contributed by atoms with Crippen molar-refractivity contribution in [3.63, 3.8) is 0 Å². The highest BCUT2D eigenvalue weighted by molar-refractivity contribution is 8.00. The average molecular weight is 271 g/mol. The number of thioether (sulfide) groups is 1. The molecule has 1 heterocycles. The Labute approximate surface area is 105 Å². The van der Waals surface area contributed by atoms with Crippen LogP contribution in [0.15, 0.2) is 41.6 Å². The molecule has 3 nitrogen and oxygen atoms in total. The van der Waals surface area contributed by atoms with E-state index in [1.807, 2.05) is 0 Å². The maximum absolute atomic E-state index is 12.1. The van der Waals surface area contributed by atoms with Crippen LogP contribution in [0.1, 0.15) is 0 Å². The first kappa shape index (κ1) is 12.7. The van der Waals surface area contributed by atoms with Crippen molar-refractivity contribution in [3.8, 4) is 11.3 Å². The number of nitrogen functional groups attached to an aromatic ring is 1. The summed E-state index contributed by atoms with van der Waals surface area (Å²) in [6, 6.07) is 5.83. The quantitative estimate of drug-likeness (QED) is 0.851. The van der Waals surface area contributed by atoms with Crippen LogP contribution in [0, 0.1) is 0 Å². The number of benzene rings is 1. The third-order valence-corrected chi connectivity index (χ3v) is 2.83. The number of aromatic nitrogens is 2. The van der Waals surface area contributed by atoms with Crippen molar-refractivity contribution in [2.24, 2.45) is 0 Å². The van der Waals surface area contributed by atoms with Crippen molar-refractivity contribution in [2.75, 3.05) is 5.73 Å². The molecule has 2 rings (SSSR count). The lowest BCUT2D eigenvalue weighted by atomic mass is 10.1. The van der Waals surface area contributed by atoms with Gasteiger partial charge in [-0.25, -0.2) is 4.98 Å². The predicted octanol–water partition coefficient (Wildman–Crippen LogP) is 3.34. The molecule has 0 spiro atoms. The van der Waals surface area contributed by atoms with Crippen molar-refractivity contribution < 1.29 is 13.2 Å². The Kier molecular flexibility index (Phi) is 3.42. The molecule has 0 saturated carbocycles. The fourth-order valence-corrected chi connectivity index (χ4v) is 1.93. The Morgan fingerprint density at radius 3 is 2.17 bits per heavy atom. The van der Waals surface area contributed by atoms with E-state index in [0.29, 0.717) is 11.3 Å². The van der Waals surface area contributed by atoms with Gasteiger partial charge < -0.3 is 5.73 Å². The summed E-state index contributed by atoms with van der Waals surface area (Å²) in [6.45, 7) is 0. The molecule has 0 amide bonds. The zero-order valence-corrected chi connectivity index (χ0v) is 9.79. The van der Waals surface area contributed by atoms with E-state index in [9.17, 15) is 13.2 Å². The SMILES string of the molecule is Nc1nccnc1-c1ccc(SC(F)(F)F)cc1. The molecule has 18 heavy (non-hydrogen) atoms. The number of hydrogen-bond acceptors (Lipinski definition) is 4. The molecule has 2 N–H and O–H groups in total. The van der Waals surface area contributed by atoms with Crippen LogP contribution in [0.2, 0.25) is 0 Å². The second-order valence-electron chi connectivity index (χ2n) is 3.36. The summed E-state index contributed by atoms with van der Waals surface area (Å²) in [5, 5.41) is 0. The standard InChI is InChI=1S/C11H8F3N3S/c12-11(13,14)18-8-3-1-7(2-4-8)9-10(15)17-6-5-16-9/h1-6H,(H2,15,17). The summed E-state index contributed by atoms with van der Waals surface area (Å²) >= 11 is -0.158. The number of anilines is 1. The van der Waals surface area contributed by atoms with Crippen LogP contribution in [0.25, 0.3) is 11.3 Å². The van der Waals surface area contributed by atoms with E-state index in [1.54, 1.807) is 0 Å². The molecule has 0 unspecified atom stereocenters. The number of nitrogens with two attached hydrogens (primary N) is 1. The summed E-state index contributed by atoms with van der Waals surface area (Å²) in [7, 11) is 0. The molecule has 2 aromatic rings. The van der Waals surface area contributed by atoms with E-state index in [0.717, 1.165) is 0 Å². The minimum Gasteiger partial charge on any atom is -0.382 e. The van der Waals surface area contributed by atoms with Crippen LogP contribution in [-0.2, 0) is 0 Å². The van der Waals surface area contributed by atoms with Gasteiger partial charge in [0.25, 0.3) is 0 Å².